The maximum atomic E-state index is 14.0. The van der Waals surface area contributed by atoms with Crippen molar-refractivity contribution in [1.29, 1.82) is 0 Å². The number of benzene rings is 3. The van der Waals surface area contributed by atoms with Crippen molar-refractivity contribution in [2.75, 3.05) is 0 Å². The summed E-state index contributed by atoms with van der Waals surface area (Å²) in [6.45, 7) is 9.40. The molecule has 1 heterocycles. The van der Waals surface area contributed by atoms with Crippen molar-refractivity contribution in [1.82, 2.24) is 4.90 Å². The number of ketones is 2. The molecule has 0 amide bonds. The molecule has 0 aromatic heterocycles. The number of rotatable bonds is 7. The highest BCUT2D eigenvalue weighted by Gasteiger charge is 2.48. The van der Waals surface area contributed by atoms with Gasteiger partial charge in [-0.1, -0.05) is 82.3 Å². The lowest BCUT2D eigenvalue weighted by molar-refractivity contribution is -0.384. The summed E-state index contributed by atoms with van der Waals surface area (Å²) >= 11 is 0. The highest BCUT2D eigenvalue weighted by Crippen LogP contribution is 2.54. The van der Waals surface area contributed by atoms with Crippen molar-refractivity contribution >= 4 is 17.3 Å². The van der Waals surface area contributed by atoms with Crippen molar-refractivity contribution < 1.29 is 19.2 Å². The topological polar surface area (TPSA) is 89.8 Å². The molecule has 3 aliphatic rings. The van der Waals surface area contributed by atoms with E-state index in [1.807, 2.05) is 42.5 Å². The van der Waals surface area contributed by atoms with Gasteiger partial charge in [-0.05, 0) is 52.5 Å². The van der Waals surface area contributed by atoms with Crippen LogP contribution in [0.1, 0.15) is 76.0 Å². The van der Waals surface area contributed by atoms with Gasteiger partial charge in [-0.15, -0.1) is 0 Å². The molecule has 0 N–H and O–H groups in total. The Balaban J connectivity index is 1.40. The lowest BCUT2D eigenvalue weighted by atomic mass is 9.63. The Kier molecular flexibility index (Phi) is 7.52. The molecule has 226 valence electrons. The number of ether oxygens (including phenoxy) is 1. The summed E-state index contributed by atoms with van der Waals surface area (Å²) in [7, 11) is 0. The molecular formula is C37H38N2O5. The lowest BCUT2D eigenvalue weighted by Gasteiger charge is -2.49. The third-order valence-electron chi connectivity index (χ3n) is 8.95. The number of nitro groups is 1. The first-order valence-corrected chi connectivity index (χ1v) is 15.2. The van der Waals surface area contributed by atoms with E-state index in [0.717, 1.165) is 46.5 Å². The molecule has 3 aromatic carbocycles. The van der Waals surface area contributed by atoms with Crippen LogP contribution in [0.25, 0.3) is 0 Å². The SMILES string of the molecule is CC1(C)CC(=O)C2=C(C1)N(Cc1ccccc1)C1=C(C(=O)CC(C)(C)C1)C2c1ccc(OCc2cccc([N+](=O)[O-])c2)cc1. The monoisotopic (exact) mass is 590 g/mol. The summed E-state index contributed by atoms with van der Waals surface area (Å²) in [6, 6.07) is 24.3. The van der Waals surface area contributed by atoms with Crippen molar-refractivity contribution in [3.8, 4) is 5.75 Å². The Morgan fingerprint density at radius 2 is 1.34 bits per heavy atom. The van der Waals surface area contributed by atoms with Crippen LogP contribution in [0.5, 0.6) is 5.75 Å². The summed E-state index contributed by atoms with van der Waals surface area (Å²) in [5, 5.41) is 11.2. The zero-order valence-electron chi connectivity index (χ0n) is 25.8. The van der Waals surface area contributed by atoms with Gasteiger partial charge in [0.25, 0.3) is 5.69 Å². The molecule has 1 aliphatic heterocycles. The van der Waals surface area contributed by atoms with Gasteiger partial charge in [0.15, 0.2) is 11.6 Å². The standard InChI is InChI=1S/C37H38N2O5/c1-36(2)18-29-34(31(40)20-36)33(26-13-15-28(16-14-26)44-23-25-11-8-12-27(17-25)39(42)43)35-30(19-37(3,4)21-32(35)41)38(29)22-24-9-6-5-7-10-24/h5-17,33H,18-23H2,1-4H3. The van der Waals surface area contributed by atoms with Gasteiger partial charge in [0, 0.05) is 60.0 Å². The maximum absolute atomic E-state index is 14.0. The first-order chi connectivity index (χ1) is 20.9. The molecule has 0 atom stereocenters. The Morgan fingerprint density at radius 1 is 0.773 bits per heavy atom. The molecule has 0 fully saturated rings. The number of nitrogens with zero attached hydrogens (tertiary/aromatic N) is 2. The number of allylic oxidation sites excluding steroid dienone is 4. The fourth-order valence-corrected chi connectivity index (χ4v) is 7.02. The van der Waals surface area contributed by atoms with E-state index in [1.54, 1.807) is 12.1 Å². The second kappa shape index (κ2) is 11.2. The van der Waals surface area contributed by atoms with Gasteiger partial charge in [0.1, 0.15) is 12.4 Å². The van der Waals surface area contributed by atoms with Crippen molar-refractivity contribution in [2.45, 2.75) is 72.4 Å². The Labute approximate surface area is 258 Å². The number of carbonyl (C=O) groups excluding carboxylic acids is 2. The quantitative estimate of drug-likeness (QED) is 0.204. The van der Waals surface area contributed by atoms with Crippen LogP contribution in [0.4, 0.5) is 5.69 Å². The van der Waals surface area contributed by atoms with E-state index in [9.17, 15) is 19.7 Å². The number of hydrogen-bond donors (Lipinski definition) is 0. The highest BCUT2D eigenvalue weighted by molar-refractivity contribution is 6.06. The maximum Gasteiger partial charge on any atom is 0.269 e. The summed E-state index contributed by atoms with van der Waals surface area (Å²) in [5.41, 5.74) is 5.95. The molecule has 44 heavy (non-hydrogen) atoms. The van der Waals surface area contributed by atoms with Crippen LogP contribution in [-0.2, 0) is 22.7 Å². The lowest BCUT2D eigenvalue weighted by Crippen LogP contribution is -2.44. The van der Waals surface area contributed by atoms with E-state index in [4.69, 9.17) is 4.74 Å². The van der Waals surface area contributed by atoms with E-state index in [1.165, 1.54) is 12.1 Å². The molecule has 7 heteroatoms. The van der Waals surface area contributed by atoms with Crippen molar-refractivity contribution in [3.63, 3.8) is 0 Å². The second-order valence-corrected chi connectivity index (χ2v) is 13.9. The van der Waals surface area contributed by atoms with E-state index < -0.39 is 10.8 Å². The average molecular weight is 591 g/mol. The molecule has 7 nitrogen and oxygen atoms in total. The van der Waals surface area contributed by atoms with Crippen LogP contribution >= 0.6 is 0 Å². The third kappa shape index (κ3) is 5.83. The van der Waals surface area contributed by atoms with E-state index in [-0.39, 0.29) is 34.7 Å². The first kappa shape index (κ1) is 29.5. The number of nitro benzene ring substituents is 1. The second-order valence-electron chi connectivity index (χ2n) is 13.9. The van der Waals surface area contributed by atoms with Crippen LogP contribution in [0.3, 0.4) is 0 Å². The van der Waals surface area contributed by atoms with Crippen LogP contribution in [0, 0.1) is 20.9 Å². The Morgan fingerprint density at radius 3 is 1.91 bits per heavy atom. The van der Waals surface area contributed by atoms with Gasteiger partial charge in [-0.2, -0.15) is 0 Å². The Hall–Kier alpha value is -4.52. The molecule has 0 radical (unpaired) electrons. The van der Waals surface area contributed by atoms with Crippen LogP contribution in [0.2, 0.25) is 0 Å². The fraction of sp³-hybridized carbons (Fsp3) is 0.351. The normalized spacial score (nSPS) is 19.5. The molecule has 0 saturated heterocycles. The van der Waals surface area contributed by atoms with Crippen LogP contribution < -0.4 is 4.74 Å². The zero-order valence-corrected chi connectivity index (χ0v) is 25.8. The fourth-order valence-electron chi connectivity index (χ4n) is 7.02. The van der Waals surface area contributed by atoms with E-state index >= 15 is 0 Å². The summed E-state index contributed by atoms with van der Waals surface area (Å²) in [6.07, 6.45) is 2.39. The van der Waals surface area contributed by atoms with Gasteiger partial charge in [0.05, 0.1) is 4.92 Å². The number of non-ortho nitro benzene ring substituents is 1. The number of hydrogen-bond acceptors (Lipinski definition) is 6. The van der Waals surface area contributed by atoms with E-state index in [0.29, 0.717) is 30.7 Å². The predicted octanol–water partition coefficient (Wildman–Crippen LogP) is 8.06. The zero-order chi connectivity index (χ0) is 31.2. The minimum Gasteiger partial charge on any atom is -0.489 e. The summed E-state index contributed by atoms with van der Waals surface area (Å²) < 4.78 is 5.97. The Bertz CT molecular complexity index is 1650. The van der Waals surface area contributed by atoms with Crippen LogP contribution in [-0.4, -0.2) is 21.4 Å². The first-order valence-electron chi connectivity index (χ1n) is 15.2. The van der Waals surface area contributed by atoms with Gasteiger partial charge in [-0.25, -0.2) is 0 Å². The van der Waals surface area contributed by atoms with Crippen LogP contribution in [0.15, 0.2) is 101 Å². The minimum atomic E-state index is -0.426. The molecule has 6 rings (SSSR count). The third-order valence-corrected chi connectivity index (χ3v) is 8.95. The van der Waals surface area contributed by atoms with Gasteiger partial charge in [-0.3, -0.25) is 19.7 Å². The van der Waals surface area contributed by atoms with Crippen molar-refractivity contribution in [3.05, 3.63) is 128 Å². The van der Waals surface area contributed by atoms with Gasteiger partial charge < -0.3 is 9.64 Å². The molecule has 2 aliphatic carbocycles. The molecule has 0 unspecified atom stereocenters. The number of carbonyl (C=O) groups is 2. The van der Waals surface area contributed by atoms with E-state index in [2.05, 4.69) is 44.7 Å². The van der Waals surface area contributed by atoms with Gasteiger partial charge in [0.2, 0.25) is 0 Å². The molecular weight excluding hydrogens is 552 g/mol. The highest BCUT2D eigenvalue weighted by atomic mass is 16.6. The molecule has 3 aromatic rings. The van der Waals surface area contributed by atoms with Crippen molar-refractivity contribution in [2.24, 2.45) is 10.8 Å². The predicted molar refractivity (Wildman–Crippen MR) is 169 cm³/mol. The van der Waals surface area contributed by atoms with Gasteiger partial charge >= 0.3 is 0 Å². The average Bonchev–Trinajstić information content (AvgIpc) is 2.96. The summed E-state index contributed by atoms with van der Waals surface area (Å²) in [5.74, 6) is 0.395. The number of Topliss-reactive ketones (excluding diaryl/α,β-unsaturated/α-hetero) is 2. The molecule has 0 bridgehead atoms. The molecule has 0 spiro atoms. The molecule has 0 saturated carbocycles. The minimum absolute atomic E-state index is 0.0221. The summed E-state index contributed by atoms with van der Waals surface area (Å²) in [4.78, 5) is 41.1. The smallest absolute Gasteiger partial charge is 0.269 e. The largest absolute Gasteiger partial charge is 0.489 e.